The van der Waals surface area contributed by atoms with E-state index >= 15 is 0 Å². The standard InChI is InChI=1S/C20H24BrN3O/c1-4-24(5-2)20(25)12-9-14-13-7-6-8-16-18(13)15(19(21)22-16)10-17(14)23(3)11-12/h6-9,12,17,22H,4-5,10-11H2,1-3H3/t12-,17-/m1/s1/i1D3,2D3,3D3,6D,8D. The summed E-state index contributed by atoms with van der Waals surface area (Å²) in [6.45, 7) is -9.66. The fourth-order valence-electron chi connectivity index (χ4n) is 3.74. The third kappa shape index (κ3) is 2.56. The molecule has 25 heavy (non-hydrogen) atoms. The summed E-state index contributed by atoms with van der Waals surface area (Å²) in [4.78, 5) is 18.5. The summed E-state index contributed by atoms with van der Waals surface area (Å²) in [5.41, 5.74) is 2.18. The minimum atomic E-state index is -2.61. The molecule has 0 bridgehead atoms. The lowest BCUT2D eigenvalue weighted by molar-refractivity contribution is -0.134. The number of carbonyl (C=O) groups is 1. The summed E-state index contributed by atoms with van der Waals surface area (Å²) in [5.74, 6) is -1.91. The van der Waals surface area contributed by atoms with Crippen LogP contribution in [-0.4, -0.2) is 53.3 Å². The zero-order valence-corrected chi connectivity index (χ0v) is 14.9. The number of aromatic nitrogens is 1. The van der Waals surface area contributed by atoms with Crippen LogP contribution >= 0.6 is 15.9 Å². The zero-order valence-electron chi connectivity index (χ0n) is 24.3. The van der Waals surface area contributed by atoms with Gasteiger partial charge in [-0.15, -0.1) is 0 Å². The van der Waals surface area contributed by atoms with E-state index in [-0.39, 0.29) is 25.1 Å². The van der Waals surface area contributed by atoms with Crippen LogP contribution < -0.4 is 0 Å². The Morgan fingerprint density at radius 3 is 3.12 bits per heavy atom. The molecule has 5 heteroatoms. The molecule has 2 heterocycles. The number of amides is 1. The average molecular weight is 413 g/mol. The molecule has 4 rings (SSSR count). The zero-order chi connectivity index (χ0) is 27.0. The number of rotatable bonds is 3. The van der Waals surface area contributed by atoms with E-state index in [2.05, 4.69) is 20.9 Å². The molecule has 0 saturated heterocycles. The maximum absolute atomic E-state index is 13.5. The number of nitrogens with one attached hydrogen (secondary N) is 1. The first-order valence-electron chi connectivity index (χ1n) is 13.5. The van der Waals surface area contributed by atoms with Crippen LogP contribution in [0.1, 0.15) is 39.9 Å². The van der Waals surface area contributed by atoms with Crippen molar-refractivity contribution in [3.05, 3.63) is 40.0 Å². The largest absolute Gasteiger partial charge is 0.349 e. The van der Waals surface area contributed by atoms with Crippen molar-refractivity contribution in [2.75, 3.05) is 26.6 Å². The third-order valence-corrected chi connectivity index (χ3v) is 5.64. The summed E-state index contributed by atoms with van der Waals surface area (Å²) in [6, 6.07) is 0.704. The molecule has 0 fully saturated rings. The Morgan fingerprint density at radius 1 is 1.52 bits per heavy atom. The molecule has 2 aromatic rings. The molecule has 1 N–H and O–H groups in total. The van der Waals surface area contributed by atoms with Gasteiger partial charge in [0.1, 0.15) is 0 Å². The van der Waals surface area contributed by atoms with Gasteiger partial charge in [-0.2, -0.15) is 0 Å². The van der Waals surface area contributed by atoms with Gasteiger partial charge in [-0.05, 0) is 65.8 Å². The van der Waals surface area contributed by atoms with Crippen LogP contribution in [0.5, 0.6) is 0 Å². The van der Waals surface area contributed by atoms with Gasteiger partial charge in [-0.3, -0.25) is 9.69 Å². The lowest BCUT2D eigenvalue weighted by Gasteiger charge is -2.40. The van der Waals surface area contributed by atoms with Crippen LogP contribution in [-0.2, 0) is 11.2 Å². The first-order valence-corrected chi connectivity index (χ1v) is 8.74. The van der Waals surface area contributed by atoms with Crippen LogP contribution in [0.25, 0.3) is 16.5 Å². The summed E-state index contributed by atoms with van der Waals surface area (Å²) < 4.78 is 86.9. The van der Waals surface area contributed by atoms with Gasteiger partial charge in [0.2, 0.25) is 5.91 Å². The normalized spacial score (nSPS) is 30.6. The second-order valence-electron chi connectivity index (χ2n) is 6.29. The van der Waals surface area contributed by atoms with Gasteiger partial charge < -0.3 is 9.88 Å². The van der Waals surface area contributed by atoms with E-state index in [0.717, 1.165) is 10.5 Å². The Bertz CT molecular complexity index is 1230. The lowest BCUT2D eigenvalue weighted by Crippen LogP contribution is -2.47. The van der Waals surface area contributed by atoms with E-state index in [4.69, 9.17) is 15.1 Å². The second kappa shape index (κ2) is 6.29. The lowest BCUT2D eigenvalue weighted by atomic mass is 9.79. The monoisotopic (exact) mass is 412 g/mol. The van der Waals surface area contributed by atoms with Crippen molar-refractivity contribution in [1.29, 1.82) is 0 Å². The highest BCUT2D eigenvalue weighted by atomic mass is 79.9. The number of nitrogens with zero attached hydrogens (tertiary/aromatic N) is 2. The Labute approximate surface area is 172 Å². The van der Waals surface area contributed by atoms with E-state index < -0.39 is 51.6 Å². The molecular weight excluding hydrogens is 378 g/mol. The first-order chi connectivity index (χ1) is 16.4. The highest BCUT2D eigenvalue weighted by Gasteiger charge is 2.37. The van der Waals surface area contributed by atoms with Gasteiger partial charge >= 0.3 is 0 Å². The number of hydrogen-bond donors (Lipinski definition) is 1. The smallest absolute Gasteiger partial charge is 0.230 e. The van der Waals surface area contributed by atoms with Crippen LogP contribution in [0.2, 0.25) is 0 Å². The molecule has 4 nitrogen and oxygen atoms in total. The number of fused-ring (bicyclic) bond motifs is 2. The minimum Gasteiger partial charge on any atom is -0.349 e. The fraction of sp³-hybridized carbons (Fsp3) is 0.450. The molecule has 0 radical (unpaired) electrons. The summed E-state index contributed by atoms with van der Waals surface area (Å²) >= 11 is 3.45. The van der Waals surface area contributed by atoms with Crippen molar-refractivity contribution in [3.8, 4) is 0 Å². The maximum atomic E-state index is 13.5. The molecule has 2 atom stereocenters. The van der Waals surface area contributed by atoms with Crippen LogP contribution in [0.15, 0.2) is 28.8 Å². The molecule has 1 amide bonds. The Balaban J connectivity index is 1.86. The molecule has 1 aromatic heterocycles. The molecule has 132 valence electrons. The number of carbonyl (C=O) groups excluding carboxylic acids is 1. The van der Waals surface area contributed by atoms with Gasteiger partial charge in [-0.25, -0.2) is 0 Å². The predicted octanol–water partition coefficient (Wildman–Crippen LogP) is 3.67. The van der Waals surface area contributed by atoms with Gasteiger partial charge in [0, 0.05) is 48.9 Å². The quantitative estimate of drug-likeness (QED) is 0.834. The van der Waals surface area contributed by atoms with E-state index in [1.54, 1.807) is 6.08 Å². The third-order valence-electron chi connectivity index (χ3n) is 4.96. The van der Waals surface area contributed by atoms with E-state index in [1.807, 2.05) is 0 Å². The molecular formula is C20H24BrN3O. The Kier molecular flexibility index (Phi) is 2.11. The van der Waals surface area contributed by atoms with Crippen LogP contribution in [0, 0.1) is 5.92 Å². The summed E-state index contributed by atoms with van der Waals surface area (Å²) in [7, 11) is 0. The predicted molar refractivity (Wildman–Crippen MR) is 106 cm³/mol. The molecule has 0 unspecified atom stereocenters. The number of likely N-dealkylation sites (N-methyl/N-ethyl adjacent to an activating group) is 1. The fourth-order valence-corrected chi connectivity index (χ4v) is 4.30. The van der Waals surface area contributed by atoms with E-state index in [0.29, 0.717) is 26.6 Å². The minimum absolute atomic E-state index is 0.0163. The van der Waals surface area contributed by atoms with Crippen molar-refractivity contribution in [2.24, 2.45) is 5.92 Å². The van der Waals surface area contributed by atoms with Gasteiger partial charge in [0.15, 0.2) is 0 Å². The second-order valence-corrected chi connectivity index (χ2v) is 7.08. The van der Waals surface area contributed by atoms with Crippen molar-refractivity contribution in [3.63, 3.8) is 0 Å². The number of halogens is 1. The maximum Gasteiger partial charge on any atom is 0.230 e. The van der Waals surface area contributed by atoms with Gasteiger partial charge in [-0.1, -0.05) is 18.2 Å². The van der Waals surface area contributed by atoms with Gasteiger partial charge in [0.05, 0.1) is 13.3 Å². The van der Waals surface area contributed by atoms with Crippen molar-refractivity contribution in [2.45, 2.75) is 26.2 Å². The highest BCUT2D eigenvalue weighted by molar-refractivity contribution is 9.10. The topological polar surface area (TPSA) is 39.3 Å². The summed E-state index contributed by atoms with van der Waals surface area (Å²) in [5, 5.41) is 0.658. The molecule has 1 aliphatic heterocycles. The first kappa shape index (κ1) is 8.40. The number of hydrogen-bond acceptors (Lipinski definition) is 2. The van der Waals surface area contributed by atoms with Crippen LogP contribution in [0.3, 0.4) is 0 Å². The number of aromatic amines is 1. The van der Waals surface area contributed by atoms with Gasteiger partial charge in [0.25, 0.3) is 0 Å². The van der Waals surface area contributed by atoms with Crippen LogP contribution in [0.4, 0.5) is 0 Å². The molecule has 1 aliphatic carbocycles. The SMILES string of the molecule is [2H]c1cc2c3c(c(Br)[nH]c3c1[2H])C[C@@H]1C2=C[C@@H](C(=O)N(CC([2H])([2H])[2H])CC([2H])([2H])[2H])CN1C([2H])([2H])[2H]. The van der Waals surface area contributed by atoms with E-state index in [1.165, 1.54) is 11.0 Å². The van der Waals surface area contributed by atoms with E-state index in [9.17, 15) is 4.79 Å². The Hall–Kier alpha value is -1.59. The Morgan fingerprint density at radius 2 is 2.36 bits per heavy atom. The molecule has 2 aliphatic rings. The number of H-pyrrole nitrogens is 1. The molecule has 0 spiro atoms. The highest BCUT2D eigenvalue weighted by Crippen LogP contribution is 2.43. The summed E-state index contributed by atoms with van der Waals surface area (Å²) in [6.07, 6.45) is 1.84. The van der Waals surface area contributed by atoms with Crippen molar-refractivity contribution >= 4 is 38.3 Å². The van der Waals surface area contributed by atoms with Crippen molar-refractivity contribution in [1.82, 2.24) is 14.8 Å². The number of benzene rings is 1. The average Bonchev–Trinajstić information content (AvgIpc) is 3.04. The molecule has 1 aromatic carbocycles. The molecule has 0 saturated carbocycles. The van der Waals surface area contributed by atoms with Crippen molar-refractivity contribution < 1.29 is 19.9 Å².